The van der Waals surface area contributed by atoms with Gasteiger partial charge in [-0.15, -0.1) is 0 Å². The molecule has 1 saturated heterocycles. The van der Waals surface area contributed by atoms with Gasteiger partial charge in [-0.25, -0.2) is 0 Å². The third-order valence-corrected chi connectivity index (χ3v) is 1.59. The molecule has 0 aromatic carbocycles. The SMILES string of the molecule is CC1COC(N)CN1C#N. The molecule has 0 spiro atoms. The second-order valence-corrected chi connectivity index (χ2v) is 2.47. The van der Waals surface area contributed by atoms with Crippen LogP contribution in [0.3, 0.4) is 0 Å². The first kappa shape index (κ1) is 7.32. The normalized spacial score (nSPS) is 33.5. The summed E-state index contributed by atoms with van der Waals surface area (Å²) in [5.74, 6) is 0. The van der Waals surface area contributed by atoms with Crippen LogP contribution in [0.1, 0.15) is 6.92 Å². The molecule has 1 rings (SSSR count). The fourth-order valence-electron chi connectivity index (χ4n) is 0.919. The molecular formula is C6H11N3O. The number of hydrogen-bond acceptors (Lipinski definition) is 4. The molecule has 1 heterocycles. The molecule has 0 saturated carbocycles. The van der Waals surface area contributed by atoms with Gasteiger partial charge in [-0.1, -0.05) is 0 Å². The summed E-state index contributed by atoms with van der Waals surface area (Å²) in [6.45, 7) is 3.00. The highest BCUT2D eigenvalue weighted by molar-refractivity contribution is 4.84. The highest BCUT2D eigenvalue weighted by Gasteiger charge is 2.21. The molecule has 0 aromatic rings. The first-order valence-corrected chi connectivity index (χ1v) is 3.27. The van der Waals surface area contributed by atoms with E-state index in [0.717, 1.165) is 0 Å². The summed E-state index contributed by atoms with van der Waals surface area (Å²) in [7, 11) is 0. The van der Waals surface area contributed by atoms with E-state index < -0.39 is 0 Å². The molecule has 0 amide bonds. The van der Waals surface area contributed by atoms with Gasteiger partial charge < -0.3 is 15.4 Å². The Morgan fingerprint density at radius 3 is 3.00 bits per heavy atom. The van der Waals surface area contributed by atoms with Crippen molar-refractivity contribution in [3.63, 3.8) is 0 Å². The van der Waals surface area contributed by atoms with E-state index in [1.165, 1.54) is 0 Å². The predicted octanol–water partition coefficient (Wildman–Crippen LogP) is -0.527. The molecular weight excluding hydrogens is 130 g/mol. The Hall–Kier alpha value is -0.790. The van der Waals surface area contributed by atoms with Crippen molar-refractivity contribution in [2.75, 3.05) is 13.2 Å². The van der Waals surface area contributed by atoms with E-state index in [9.17, 15) is 0 Å². The smallest absolute Gasteiger partial charge is 0.179 e. The van der Waals surface area contributed by atoms with Crippen molar-refractivity contribution >= 4 is 0 Å². The highest BCUT2D eigenvalue weighted by atomic mass is 16.5. The maximum atomic E-state index is 8.54. The van der Waals surface area contributed by atoms with E-state index >= 15 is 0 Å². The van der Waals surface area contributed by atoms with Crippen molar-refractivity contribution in [1.82, 2.24) is 4.90 Å². The molecule has 56 valence electrons. The molecule has 0 radical (unpaired) electrons. The Morgan fingerprint density at radius 1 is 1.80 bits per heavy atom. The number of rotatable bonds is 0. The molecule has 1 aliphatic rings. The molecule has 4 nitrogen and oxygen atoms in total. The highest BCUT2D eigenvalue weighted by Crippen LogP contribution is 2.06. The topological polar surface area (TPSA) is 62.3 Å². The summed E-state index contributed by atoms with van der Waals surface area (Å²) in [4.78, 5) is 1.63. The summed E-state index contributed by atoms with van der Waals surface area (Å²) in [6.07, 6.45) is 1.76. The predicted molar refractivity (Wildman–Crippen MR) is 35.7 cm³/mol. The van der Waals surface area contributed by atoms with Crippen molar-refractivity contribution in [3.05, 3.63) is 0 Å². The average Bonchev–Trinajstić information content (AvgIpc) is 1.94. The third-order valence-electron chi connectivity index (χ3n) is 1.59. The molecule has 1 fully saturated rings. The van der Waals surface area contributed by atoms with Crippen molar-refractivity contribution < 1.29 is 4.74 Å². The van der Waals surface area contributed by atoms with E-state index in [1.807, 2.05) is 6.92 Å². The number of nitriles is 1. The largest absolute Gasteiger partial charge is 0.360 e. The van der Waals surface area contributed by atoms with Gasteiger partial charge in [0.25, 0.3) is 0 Å². The van der Waals surface area contributed by atoms with Gasteiger partial charge in [0.05, 0.1) is 19.2 Å². The maximum absolute atomic E-state index is 8.54. The molecule has 0 aliphatic carbocycles. The van der Waals surface area contributed by atoms with Gasteiger partial charge in [-0.05, 0) is 6.92 Å². The first-order chi connectivity index (χ1) is 4.74. The van der Waals surface area contributed by atoms with Crippen LogP contribution in [0, 0.1) is 11.5 Å². The molecule has 0 aromatic heterocycles. The molecule has 4 heteroatoms. The van der Waals surface area contributed by atoms with Gasteiger partial charge >= 0.3 is 0 Å². The van der Waals surface area contributed by atoms with E-state index in [2.05, 4.69) is 6.19 Å². The third kappa shape index (κ3) is 1.38. The van der Waals surface area contributed by atoms with Gasteiger partial charge in [0.15, 0.2) is 6.19 Å². The van der Waals surface area contributed by atoms with Crippen molar-refractivity contribution in [2.24, 2.45) is 5.73 Å². The minimum Gasteiger partial charge on any atom is -0.360 e. The van der Waals surface area contributed by atoms with Crippen LogP contribution in [0.15, 0.2) is 0 Å². The Bertz CT molecular complexity index is 154. The lowest BCUT2D eigenvalue weighted by molar-refractivity contribution is -0.0335. The monoisotopic (exact) mass is 141 g/mol. The maximum Gasteiger partial charge on any atom is 0.179 e. The van der Waals surface area contributed by atoms with Crippen LogP contribution in [0.25, 0.3) is 0 Å². The quantitative estimate of drug-likeness (QED) is 0.461. The van der Waals surface area contributed by atoms with Gasteiger partial charge in [0, 0.05) is 0 Å². The van der Waals surface area contributed by atoms with Gasteiger partial charge in [0.2, 0.25) is 0 Å². The minimum atomic E-state index is -0.296. The molecule has 0 bridgehead atoms. The van der Waals surface area contributed by atoms with E-state index in [4.69, 9.17) is 15.7 Å². The fraction of sp³-hybridized carbons (Fsp3) is 0.833. The molecule has 2 N–H and O–H groups in total. The zero-order chi connectivity index (χ0) is 7.56. The van der Waals surface area contributed by atoms with Crippen LogP contribution in [0.5, 0.6) is 0 Å². The lowest BCUT2D eigenvalue weighted by atomic mass is 10.3. The first-order valence-electron chi connectivity index (χ1n) is 3.27. The second kappa shape index (κ2) is 2.86. The minimum absolute atomic E-state index is 0.171. The van der Waals surface area contributed by atoms with Crippen LogP contribution in [-0.4, -0.2) is 30.3 Å². The summed E-state index contributed by atoms with van der Waals surface area (Å²) in [5.41, 5.74) is 5.45. The lowest BCUT2D eigenvalue weighted by Gasteiger charge is -2.32. The van der Waals surface area contributed by atoms with Gasteiger partial charge in [-0.2, -0.15) is 5.26 Å². The van der Waals surface area contributed by atoms with E-state index in [1.54, 1.807) is 4.90 Å². The van der Waals surface area contributed by atoms with E-state index in [0.29, 0.717) is 13.2 Å². The summed E-state index contributed by atoms with van der Waals surface area (Å²) in [6, 6.07) is 0.171. The number of nitrogens with two attached hydrogens (primary N) is 1. The Kier molecular flexibility index (Phi) is 2.10. The Morgan fingerprint density at radius 2 is 2.50 bits per heavy atom. The van der Waals surface area contributed by atoms with Crippen molar-refractivity contribution in [1.29, 1.82) is 5.26 Å². The Labute approximate surface area is 60.2 Å². The number of ether oxygens (including phenoxy) is 1. The van der Waals surface area contributed by atoms with Gasteiger partial charge in [-0.3, -0.25) is 0 Å². The zero-order valence-corrected chi connectivity index (χ0v) is 5.95. The van der Waals surface area contributed by atoms with Crippen molar-refractivity contribution in [2.45, 2.75) is 19.2 Å². The summed E-state index contributed by atoms with van der Waals surface area (Å²) >= 11 is 0. The standard InChI is InChI=1S/C6H11N3O/c1-5-3-10-6(8)2-9(5)4-7/h5-6H,2-3,8H2,1H3. The number of morpholine rings is 1. The van der Waals surface area contributed by atoms with Crippen LogP contribution in [0.4, 0.5) is 0 Å². The second-order valence-electron chi connectivity index (χ2n) is 2.47. The molecule has 10 heavy (non-hydrogen) atoms. The number of nitrogens with zero attached hydrogens (tertiary/aromatic N) is 2. The number of hydrogen-bond donors (Lipinski definition) is 1. The van der Waals surface area contributed by atoms with Crippen LogP contribution in [-0.2, 0) is 4.74 Å². The zero-order valence-electron chi connectivity index (χ0n) is 5.95. The average molecular weight is 141 g/mol. The lowest BCUT2D eigenvalue weighted by Crippen LogP contribution is -2.49. The van der Waals surface area contributed by atoms with Gasteiger partial charge in [0.1, 0.15) is 6.23 Å². The van der Waals surface area contributed by atoms with Crippen LogP contribution < -0.4 is 5.73 Å². The molecule has 1 aliphatic heterocycles. The molecule has 2 unspecified atom stereocenters. The fourth-order valence-corrected chi connectivity index (χ4v) is 0.919. The van der Waals surface area contributed by atoms with Crippen LogP contribution in [0.2, 0.25) is 0 Å². The molecule has 2 atom stereocenters. The summed E-state index contributed by atoms with van der Waals surface area (Å²) in [5, 5.41) is 8.54. The van der Waals surface area contributed by atoms with Crippen molar-refractivity contribution in [3.8, 4) is 6.19 Å². The van der Waals surface area contributed by atoms with Crippen LogP contribution >= 0.6 is 0 Å². The Balaban J connectivity index is 2.47. The van der Waals surface area contributed by atoms with E-state index in [-0.39, 0.29) is 12.3 Å². The summed E-state index contributed by atoms with van der Waals surface area (Å²) < 4.78 is 5.11.